The Balaban J connectivity index is 1.65. The van der Waals surface area contributed by atoms with Crippen molar-refractivity contribution in [3.63, 3.8) is 0 Å². The van der Waals surface area contributed by atoms with Gasteiger partial charge in [0, 0.05) is 17.2 Å². The Morgan fingerprint density at radius 3 is 2.08 bits per heavy atom. The molecule has 25 heavy (non-hydrogen) atoms. The molecule has 2 aromatic rings. The van der Waals surface area contributed by atoms with Gasteiger partial charge in [0.25, 0.3) is 0 Å². The average Bonchev–Trinajstić information content (AvgIpc) is 3.25. The Morgan fingerprint density at radius 2 is 1.44 bits per heavy atom. The minimum atomic E-state index is -0.230. The van der Waals surface area contributed by atoms with Gasteiger partial charge in [-0.25, -0.2) is 4.90 Å². The van der Waals surface area contributed by atoms with Crippen molar-refractivity contribution in [3.05, 3.63) is 65.8 Å². The van der Waals surface area contributed by atoms with Crippen molar-refractivity contribution in [1.82, 2.24) is 0 Å². The summed E-state index contributed by atoms with van der Waals surface area (Å²) < 4.78 is 0. The third-order valence-electron chi connectivity index (χ3n) is 6.00. The molecule has 2 amide bonds. The minimum Gasteiger partial charge on any atom is -0.274 e. The van der Waals surface area contributed by atoms with E-state index in [0.29, 0.717) is 0 Å². The summed E-state index contributed by atoms with van der Waals surface area (Å²) in [6, 6.07) is 13.7. The molecule has 124 valence electrons. The maximum absolute atomic E-state index is 13.2. The number of hydrogen-bond donors (Lipinski definition) is 0. The Hall–Kier alpha value is -2.68. The molecule has 2 aliphatic carbocycles. The molecule has 0 spiro atoms. The van der Waals surface area contributed by atoms with Crippen molar-refractivity contribution >= 4 is 28.3 Å². The predicted molar refractivity (Wildman–Crippen MR) is 97.9 cm³/mol. The van der Waals surface area contributed by atoms with Crippen LogP contribution in [0.4, 0.5) is 5.69 Å². The molecule has 3 heteroatoms. The number of allylic oxidation sites excluding steroid dienone is 4. The van der Waals surface area contributed by atoms with Crippen molar-refractivity contribution in [2.45, 2.75) is 13.8 Å². The quantitative estimate of drug-likeness (QED) is 0.583. The number of amides is 2. The number of imide groups is 1. The van der Waals surface area contributed by atoms with E-state index in [9.17, 15) is 9.59 Å². The van der Waals surface area contributed by atoms with E-state index in [2.05, 4.69) is 26.0 Å². The summed E-state index contributed by atoms with van der Waals surface area (Å²) in [6.07, 6.45) is 4.26. The lowest BCUT2D eigenvalue weighted by Gasteiger charge is -2.20. The summed E-state index contributed by atoms with van der Waals surface area (Å²) in [6.45, 7) is 4.17. The van der Waals surface area contributed by atoms with Crippen LogP contribution in [0.25, 0.3) is 10.8 Å². The van der Waals surface area contributed by atoms with Crippen LogP contribution in [0.1, 0.15) is 13.8 Å². The second kappa shape index (κ2) is 4.92. The largest absolute Gasteiger partial charge is 0.274 e. The SMILES string of the molecule is CC(C)=C1[C@@H]2C=C[C@@H]1[C@H]1C(=O)N(c3cccc4ccccc34)C(=O)[C@@H]12. The zero-order valence-corrected chi connectivity index (χ0v) is 14.3. The highest BCUT2D eigenvalue weighted by atomic mass is 16.2. The molecular formula is C22H19NO2. The molecule has 2 aromatic carbocycles. The van der Waals surface area contributed by atoms with Crippen LogP contribution in [-0.4, -0.2) is 11.8 Å². The van der Waals surface area contributed by atoms with Crippen LogP contribution in [0.2, 0.25) is 0 Å². The van der Waals surface area contributed by atoms with Crippen LogP contribution >= 0.6 is 0 Å². The fourth-order valence-corrected chi connectivity index (χ4v) is 5.07. The van der Waals surface area contributed by atoms with Crippen molar-refractivity contribution in [3.8, 4) is 0 Å². The molecule has 5 rings (SSSR count). The average molecular weight is 329 g/mol. The van der Waals surface area contributed by atoms with Gasteiger partial charge in [-0.3, -0.25) is 9.59 Å². The maximum atomic E-state index is 13.2. The summed E-state index contributed by atoms with van der Waals surface area (Å²) in [5, 5.41) is 2.00. The van der Waals surface area contributed by atoms with Crippen LogP contribution in [0.3, 0.4) is 0 Å². The molecule has 1 aliphatic heterocycles. The van der Waals surface area contributed by atoms with Gasteiger partial charge in [-0.05, 0) is 25.3 Å². The van der Waals surface area contributed by atoms with Crippen LogP contribution in [0.5, 0.6) is 0 Å². The monoisotopic (exact) mass is 329 g/mol. The number of carbonyl (C=O) groups excluding carboxylic acids is 2. The highest BCUT2D eigenvalue weighted by Crippen LogP contribution is 2.57. The highest BCUT2D eigenvalue weighted by molar-refractivity contribution is 6.25. The van der Waals surface area contributed by atoms with Gasteiger partial charge in [0.1, 0.15) is 0 Å². The number of rotatable bonds is 1. The smallest absolute Gasteiger partial charge is 0.238 e. The van der Waals surface area contributed by atoms with Gasteiger partial charge >= 0.3 is 0 Å². The van der Waals surface area contributed by atoms with E-state index in [1.54, 1.807) is 0 Å². The van der Waals surface area contributed by atoms with Gasteiger partial charge in [-0.2, -0.15) is 0 Å². The second-order valence-corrected chi connectivity index (χ2v) is 7.45. The first kappa shape index (κ1) is 14.6. The predicted octanol–water partition coefficient (Wildman–Crippen LogP) is 4.10. The Labute approximate surface area is 146 Å². The summed E-state index contributed by atoms with van der Waals surface area (Å²) in [5.74, 6) is -0.352. The fraction of sp³-hybridized carbons (Fsp3) is 0.273. The summed E-state index contributed by atoms with van der Waals surface area (Å²) >= 11 is 0. The van der Waals surface area contributed by atoms with Gasteiger partial charge in [-0.1, -0.05) is 59.7 Å². The first-order valence-electron chi connectivity index (χ1n) is 8.81. The topological polar surface area (TPSA) is 37.4 Å². The Bertz CT molecular complexity index is 957. The summed E-state index contributed by atoms with van der Waals surface area (Å²) in [7, 11) is 0. The first-order chi connectivity index (χ1) is 12.1. The molecule has 0 unspecified atom stereocenters. The molecule has 1 saturated carbocycles. The molecule has 3 aliphatic rings. The molecular weight excluding hydrogens is 310 g/mol. The zero-order valence-electron chi connectivity index (χ0n) is 14.3. The van der Waals surface area contributed by atoms with Crippen LogP contribution in [0, 0.1) is 23.7 Å². The molecule has 2 bridgehead atoms. The molecule has 1 saturated heterocycles. The molecule has 0 aromatic heterocycles. The van der Waals surface area contributed by atoms with Gasteiger partial charge in [0.2, 0.25) is 11.8 Å². The van der Waals surface area contributed by atoms with Crippen molar-refractivity contribution in [2.75, 3.05) is 4.90 Å². The number of carbonyl (C=O) groups is 2. The van der Waals surface area contributed by atoms with Crippen LogP contribution in [-0.2, 0) is 9.59 Å². The van der Waals surface area contributed by atoms with Crippen LogP contribution < -0.4 is 4.90 Å². The molecule has 1 heterocycles. The van der Waals surface area contributed by atoms with Crippen LogP contribution in [0.15, 0.2) is 65.8 Å². The lowest BCUT2D eigenvalue weighted by Crippen LogP contribution is -2.33. The fourth-order valence-electron chi connectivity index (χ4n) is 5.07. The molecule has 0 N–H and O–H groups in total. The van der Waals surface area contributed by atoms with Gasteiger partial charge in [-0.15, -0.1) is 0 Å². The lowest BCUT2D eigenvalue weighted by atomic mass is 9.85. The third-order valence-corrected chi connectivity index (χ3v) is 6.00. The van der Waals surface area contributed by atoms with E-state index < -0.39 is 0 Å². The Kier molecular flexibility index (Phi) is 2.88. The lowest BCUT2D eigenvalue weighted by molar-refractivity contribution is -0.122. The number of nitrogens with zero attached hydrogens (tertiary/aromatic N) is 1. The van der Waals surface area contributed by atoms with Gasteiger partial charge in [0.05, 0.1) is 17.5 Å². The Morgan fingerprint density at radius 1 is 0.840 bits per heavy atom. The molecule has 4 atom stereocenters. The number of fused-ring (bicyclic) bond motifs is 6. The summed E-state index contributed by atoms with van der Waals surface area (Å²) in [5.41, 5.74) is 3.25. The van der Waals surface area contributed by atoms with Gasteiger partial charge in [0.15, 0.2) is 0 Å². The molecule has 3 nitrogen and oxygen atoms in total. The zero-order chi connectivity index (χ0) is 17.3. The van der Waals surface area contributed by atoms with E-state index in [0.717, 1.165) is 16.5 Å². The van der Waals surface area contributed by atoms with Crippen molar-refractivity contribution in [1.29, 1.82) is 0 Å². The highest BCUT2D eigenvalue weighted by Gasteiger charge is 2.62. The van der Waals surface area contributed by atoms with E-state index in [1.165, 1.54) is 16.0 Å². The van der Waals surface area contributed by atoms with Gasteiger partial charge < -0.3 is 0 Å². The summed E-state index contributed by atoms with van der Waals surface area (Å²) in [4.78, 5) is 27.9. The number of hydrogen-bond acceptors (Lipinski definition) is 2. The van der Waals surface area contributed by atoms with Crippen molar-refractivity contribution < 1.29 is 9.59 Å². The second-order valence-electron chi connectivity index (χ2n) is 7.45. The standard InChI is InChI=1S/C22H19NO2/c1-12(2)18-15-10-11-16(18)20-19(15)21(24)23(22(20)25)17-9-5-7-13-6-3-4-8-14(13)17/h3-11,15-16,19-20H,1-2H3/t15-,16-,19+,20+/m0/s1. The van der Waals surface area contributed by atoms with E-state index in [4.69, 9.17) is 0 Å². The van der Waals surface area contributed by atoms with E-state index in [1.807, 2.05) is 42.5 Å². The van der Waals surface area contributed by atoms with Crippen molar-refractivity contribution in [2.24, 2.45) is 23.7 Å². The number of benzene rings is 2. The number of anilines is 1. The first-order valence-corrected chi connectivity index (χ1v) is 8.81. The third kappa shape index (κ3) is 1.76. The minimum absolute atomic E-state index is 0.0399. The maximum Gasteiger partial charge on any atom is 0.238 e. The van der Waals surface area contributed by atoms with E-state index in [-0.39, 0.29) is 35.5 Å². The van der Waals surface area contributed by atoms with E-state index >= 15 is 0 Å². The normalized spacial score (nSPS) is 29.8. The molecule has 0 radical (unpaired) electrons. The molecule has 2 fully saturated rings.